The lowest BCUT2D eigenvalue weighted by Gasteiger charge is -2.15. The third kappa shape index (κ3) is 3.83. The van der Waals surface area contributed by atoms with E-state index in [0.29, 0.717) is 11.5 Å². The van der Waals surface area contributed by atoms with Gasteiger partial charge in [0.1, 0.15) is 18.5 Å². The summed E-state index contributed by atoms with van der Waals surface area (Å²) in [5.74, 6) is 0.589. The molecule has 2 rings (SSSR count). The predicted molar refractivity (Wildman–Crippen MR) is 82.1 cm³/mol. The van der Waals surface area contributed by atoms with Gasteiger partial charge < -0.3 is 15.1 Å². The number of aliphatic hydroxyl groups excluding tert-OH is 1. The van der Waals surface area contributed by atoms with E-state index >= 15 is 0 Å². The number of aliphatic hydroxyl groups is 1. The van der Waals surface area contributed by atoms with Crippen LogP contribution in [-0.2, 0) is 0 Å². The molecule has 0 aliphatic carbocycles. The van der Waals surface area contributed by atoms with Gasteiger partial charge >= 0.3 is 0 Å². The van der Waals surface area contributed by atoms with E-state index in [1.165, 1.54) is 0 Å². The van der Waals surface area contributed by atoms with Gasteiger partial charge in [-0.15, -0.1) is 0 Å². The fraction of sp³-hybridized carbons (Fsp3) is 0.235. The standard InChI is InChI=1S/C17H19NO3/c1-12-8-9-17(15(10-12)13(2)18-20)21-11-16(19)14-6-4-3-5-7-14/h3-10,16,19-20H,11H2,1-2H3/b18-13+. The Kier molecular flexibility index (Phi) is 4.95. The van der Waals surface area contributed by atoms with Crippen LogP contribution < -0.4 is 4.74 Å². The van der Waals surface area contributed by atoms with Gasteiger partial charge in [0.05, 0.1) is 5.71 Å². The fourth-order valence-electron chi connectivity index (χ4n) is 2.05. The summed E-state index contributed by atoms with van der Waals surface area (Å²) >= 11 is 0. The molecule has 0 amide bonds. The van der Waals surface area contributed by atoms with Crippen molar-refractivity contribution in [3.05, 3.63) is 65.2 Å². The van der Waals surface area contributed by atoms with Crippen LogP contribution in [0, 0.1) is 6.92 Å². The quantitative estimate of drug-likeness (QED) is 0.503. The minimum absolute atomic E-state index is 0.138. The van der Waals surface area contributed by atoms with Crippen molar-refractivity contribution >= 4 is 5.71 Å². The highest BCUT2D eigenvalue weighted by Gasteiger charge is 2.12. The zero-order valence-electron chi connectivity index (χ0n) is 12.2. The average Bonchev–Trinajstić information content (AvgIpc) is 2.53. The van der Waals surface area contributed by atoms with Crippen molar-refractivity contribution in [1.29, 1.82) is 0 Å². The first kappa shape index (κ1) is 15.1. The molecule has 0 fully saturated rings. The lowest BCUT2D eigenvalue weighted by Crippen LogP contribution is -2.11. The molecule has 4 heteroatoms. The first-order chi connectivity index (χ1) is 10.1. The summed E-state index contributed by atoms with van der Waals surface area (Å²) in [4.78, 5) is 0. The second-order valence-electron chi connectivity index (χ2n) is 4.92. The molecule has 0 aliphatic heterocycles. The highest BCUT2D eigenvalue weighted by Crippen LogP contribution is 2.23. The van der Waals surface area contributed by atoms with Gasteiger partial charge in [-0.2, -0.15) is 0 Å². The van der Waals surface area contributed by atoms with Crippen LogP contribution in [0.3, 0.4) is 0 Å². The molecule has 110 valence electrons. The molecule has 1 atom stereocenters. The molecule has 0 heterocycles. The van der Waals surface area contributed by atoms with Gasteiger partial charge in [-0.25, -0.2) is 0 Å². The van der Waals surface area contributed by atoms with Crippen LogP contribution in [0.25, 0.3) is 0 Å². The molecule has 0 saturated heterocycles. The van der Waals surface area contributed by atoms with Crippen molar-refractivity contribution in [2.75, 3.05) is 6.61 Å². The van der Waals surface area contributed by atoms with Gasteiger partial charge in [-0.1, -0.05) is 47.1 Å². The third-order valence-electron chi connectivity index (χ3n) is 3.26. The number of aryl methyl sites for hydroxylation is 1. The second kappa shape index (κ2) is 6.90. The lowest BCUT2D eigenvalue weighted by atomic mass is 10.1. The highest BCUT2D eigenvalue weighted by atomic mass is 16.5. The summed E-state index contributed by atoms with van der Waals surface area (Å²) in [5, 5.41) is 22.3. The summed E-state index contributed by atoms with van der Waals surface area (Å²) in [6.45, 7) is 3.80. The van der Waals surface area contributed by atoms with Crippen LogP contribution in [0.5, 0.6) is 5.75 Å². The minimum Gasteiger partial charge on any atom is -0.490 e. The minimum atomic E-state index is -0.702. The van der Waals surface area contributed by atoms with E-state index in [1.807, 2.05) is 55.5 Å². The van der Waals surface area contributed by atoms with Gasteiger partial charge in [0, 0.05) is 5.56 Å². The third-order valence-corrected chi connectivity index (χ3v) is 3.26. The van der Waals surface area contributed by atoms with E-state index in [9.17, 15) is 5.11 Å². The first-order valence-electron chi connectivity index (χ1n) is 6.77. The summed E-state index contributed by atoms with van der Waals surface area (Å²) in [5.41, 5.74) is 3.04. The van der Waals surface area contributed by atoms with Gasteiger partial charge in [0.15, 0.2) is 0 Å². The maximum Gasteiger partial charge on any atom is 0.128 e. The van der Waals surface area contributed by atoms with Gasteiger partial charge in [-0.3, -0.25) is 0 Å². The maximum absolute atomic E-state index is 10.1. The van der Waals surface area contributed by atoms with E-state index < -0.39 is 6.10 Å². The number of nitrogens with zero attached hydrogens (tertiary/aromatic N) is 1. The molecule has 21 heavy (non-hydrogen) atoms. The van der Waals surface area contributed by atoms with Gasteiger partial charge in [0.2, 0.25) is 0 Å². The van der Waals surface area contributed by atoms with Gasteiger partial charge in [0.25, 0.3) is 0 Å². The van der Waals surface area contributed by atoms with Crippen LogP contribution >= 0.6 is 0 Å². The Balaban J connectivity index is 2.13. The van der Waals surface area contributed by atoms with E-state index in [-0.39, 0.29) is 6.61 Å². The van der Waals surface area contributed by atoms with E-state index in [2.05, 4.69) is 5.16 Å². The van der Waals surface area contributed by atoms with E-state index in [1.54, 1.807) is 6.92 Å². The smallest absolute Gasteiger partial charge is 0.128 e. The molecule has 0 aromatic heterocycles. The maximum atomic E-state index is 10.1. The first-order valence-corrected chi connectivity index (χ1v) is 6.77. The fourth-order valence-corrected chi connectivity index (χ4v) is 2.05. The van der Waals surface area contributed by atoms with Crippen LogP contribution in [0.2, 0.25) is 0 Å². The van der Waals surface area contributed by atoms with E-state index in [0.717, 1.165) is 16.7 Å². The number of hydrogen-bond acceptors (Lipinski definition) is 4. The number of hydrogen-bond donors (Lipinski definition) is 2. The van der Waals surface area contributed by atoms with Gasteiger partial charge in [-0.05, 0) is 31.5 Å². The van der Waals surface area contributed by atoms with Crippen LogP contribution in [-0.4, -0.2) is 22.6 Å². The molecule has 1 unspecified atom stereocenters. The molecular formula is C17H19NO3. The van der Waals surface area contributed by atoms with Crippen molar-refractivity contribution < 1.29 is 15.1 Å². The largest absolute Gasteiger partial charge is 0.490 e. The Hall–Kier alpha value is -2.33. The summed E-state index contributed by atoms with van der Waals surface area (Å²) in [7, 11) is 0. The molecular weight excluding hydrogens is 266 g/mol. The molecule has 4 nitrogen and oxygen atoms in total. The summed E-state index contributed by atoms with van der Waals surface area (Å²) < 4.78 is 5.69. The molecule has 0 bridgehead atoms. The average molecular weight is 285 g/mol. The topological polar surface area (TPSA) is 62.1 Å². The van der Waals surface area contributed by atoms with Crippen molar-refractivity contribution in [3.63, 3.8) is 0 Å². The number of ether oxygens (including phenoxy) is 1. The zero-order chi connectivity index (χ0) is 15.2. The summed E-state index contributed by atoms with van der Waals surface area (Å²) in [6, 6.07) is 15.0. The Morgan fingerprint density at radius 2 is 1.90 bits per heavy atom. The Morgan fingerprint density at radius 3 is 2.57 bits per heavy atom. The van der Waals surface area contributed by atoms with Crippen LogP contribution in [0.15, 0.2) is 53.7 Å². The highest BCUT2D eigenvalue weighted by molar-refractivity contribution is 6.00. The summed E-state index contributed by atoms with van der Waals surface area (Å²) in [6.07, 6.45) is -0.702. The predicted octanol–water partition coefficient (Wildman–Crippen LogP) is 3.31. The Labute approximate surface area is 124 Å². The molecule has 2 N–H and O–H groups in total. The van der Waals surface area contributed by atoms with Crippen LogP contribution in [0.1, 0.15) is 29.7 Å². The number of rotatable bonds is 5. The van der Waals surface area contributed by atoms with Crippen molar-refractivity contribution in [2.45, 2.75) is 20.0 Å². The number of oxime groups is 1. The van der Waals surface area contributed by atoms with Crippen LogP contribution in [0.4, 0.5) is 0 Å². The zero-order valence-corrected chi connectivity index (χ0v) is 12.2. The Morgan fingerprint density at radius 1 is 1.19 bits per heavy atom. The molecule has 0 aliphatic rings. The second-order valence-corrected chi connectivity index (χ2v) is 4.92. The SMILES string of the molecule is C/C(=N\O)c1cc(C)ccc1OCC(O)c1ccccc1. The van der Waals surface area contributed by atoms with Crippen molar-refractivity contribution in [3.8, 4) is 5.75 Å². The van der Waals surface area contributed by atoms with E-state index in [4.69, 9.17) is 9.94 Å². The number of benzene rings is 2. The Bertz CT molecular complexity index is 623. The van der Waals surface area contributed by atoms with Crippen molar-refractivity contribution in [1.82, 2.24) is 0 Å². The normalized spacial score (nSPS) is 13.0. The molecule has 2 aromatic rings. The lowest BCUT2D eigenvalue weighted by molar-refractivity contribution is 0.108. The van der Waals surface area contributed by atoms with Crippen molar-refractivity contribution in [2.24, 2.45) is 5.16 Å². The monoisotopic (exact) mass is 285 g/mol. The molecule has 0 spiro atoms. The molecule has 0 saturated carbocycles. The molecule has 2 aromatic carbocycles. The molecule has 0 radical (unpaired) electrons.